The smallest absolute Gasteiger partial charge is 0.191 e. The zero-order chi connectivity index (χ0) is 22.4. The summed E-state index contributed by atoms with van der Waals surface area (Å²) in [4.78, 5) is 11.4. The number of hydrogen-bond acceptors (Lipinski definition) is 4. The number of hydrogen-bond donors (Lipinski definition) is 2. The number of benzene rings is 1. The number of pyridine rings is 1. The van der Waals surface area contributed by atoms with E-state index < -0.39 is 0 Å². The van der Waals surface area contributed by atoms with Gasteiger partial charge in [0.1, 0.15) is 0 Å². The summed E-state index contributed by atoms with van der Waals surface area (Å²) in [5, 5.41) is 6.76. The summed E-state index contributed by atoms with van der Waals surface area (Å²) in [6.07, 6.45) is 8.32. The fourth-order valence-electron chi connectivity index (χ4n) is 4.02. The van der Waals surface area contributed by atoms with Crippen LogP contribution in [0.3, 0.4) is 0 Å². The number of guanidine groups is 1. The van der Waals surface area contributed by atoms with E-state index in [9.17, 15) is 0 Å². The number of likely N-dealkylation sites (tertiary alicyclic amines) is 1. The van der Waals surface area contributed by atoms with Crippen LogP contribution in [-0.4, -0.2) is 61.3 Å². The van der Waals surface area contributed by atoms with Crippen LogP contribution in [0, 0.1) is 6.92 Å². The van der Waals surface area contributed by atoms with E-state index in [0.29, 0.717) is 6.10 Å². The molecule has 0 amide bonds. The van der Waals surface area contributed by atoms with E-state index in [1.807, 2.05) is 12.4 Å². The maximum Gasteiger partial charge on any atom is 0.191 e. The van der Waals surface area contributed by atoms with Crippen molar-refractivity contribution in [3.05, 3.63) is 65.5 Å². The zero-order valence-corrected chi connectivity index (χ0v) is 19.7. The molecule has 32 heavy (non-hydrogen) atoms. The van der Waals surface area contributed by atoms with E-state index in [4.69, 9.17) is 9.73 Å². The van der Waals surface area contributed by atoms with E-state index >= 15 is 0 Å². The minimum atomic E-state index is 0.390. The molecule has 3 rings (SSSR count). The third-order valence-electron chi connectivity index (χ3n) is 5.88. The van der Waals surface area contributed by atoms with E-state index in [1.165, 1.54) is 16.7 Å². The Morgan fingerprint density at radius 1 is 1.16 bits per heavy atom. The molecule has 0 spiro atoms. The Morgan fingerprint density at radius 3 is 2.72 bits per heavy atom. The highest BCUT2D eigenvalue weighted by molar-refractivity contribution is 5.79. The van der Waals surface area contributed by atoms with Crippen molar-refractivity contribution in [1.29, 1.82) is 0 Å². The fourth-order valence-corrected chi connectivity index (χ4v) is 4.02. The molecule has 174 valence electrons. The second kappa shape index (κ2) is 13.9. The molecule has 0 atom stereocenters. The number of aliphatic imine (C=N–C) groups is 1. The molecule has 0 bridgehead atoms. The lowest BCUT2D eigenvalue weighted by molar-refractivity contribution is 0.00566. The highest BCUT2D eigenvalue weighted by atomic mass is 16.5. The standard InChI is InChI=1S/C26H39N5O/c1-3-28-26(30-16-11-24-10-15-27-20-22(24)2)29-14-7-19-32-25-12-17-31(18-13-25)21-23-8-5-4-6-9-23/h4-6,8-10,15,20,25H,3,7,11-14,16-19,21H2,1-2H3,(H2,28,29,30). The minimum absolute atomic E-state index is 0.390. The van der Waals surface area contributed by atoms with Gasteiger partial charge in [0.15, 0.2) is 5.96 Å². The molecule has 0 radical (unpaired) electrons. The Bertz CT molecular complexity index is 803. The van der Waals surface area contributed by atoms with Gasteiger partial charge >= 0.3 is 0 Å². The zero-order valence-electron chi connectivity index (χ0n) is 19.7. The van der Waals surface area contributed by atoms with Crippen LogP contribution in [-0.2, 0) is 17.7 Å². The molecule has 1 aliphatic rings. The van der Waals surface area contributed by atoms with Crippen molar-refractivity contribution in [3.63, 3.8) is 0 Å². The van der Waals surface area contributed by atoms with Crippen molar-refractivity contribution in [2.24, 2.45) is 4.99 Å². The van der Waals surface area contributed by atoms with Crippen LogP contribution in [0.25, 0.3) is 0 Å². The molecule has 0 unspecified atom stereocenters. The van der Waals surface area contributed by atoms with Crippen molar-refractivity contribution in [3.8, 4) is 0 Å². The second-order valence-corrected chi connectivity index (χ2v) is 8.43. The number of rotatable bonds is 11. The molecule has 0 aliphatic carbocycles. The lowest BCUT2D eigenvalue weighted by atomic mass is 10.1. The lowest BCUT2D eigenvalue weighted by Gasteiger charge is -2.31. The van der Waals surface area contributed by atoms with E-state index in [0.717, 1.165) is 77.5 Å². The molecule has 6 heteroatoms. The van der Waals surface area contributed by atoms with E-state index in [2.05, 4.69) is 70.8 Å². The van der Waals surface area contributed by atoms with Gasteiger partial charge in [-0.05, 0) is 62.3 Å². The first-order valence-corrected chi connectivity index (χ1v) is 12.0. The summed E-state index contributed by atoms with van der Waals surface area (Å²) in [6.45, 7) is 10.7. The van der Waals surface area contributed by atoms with Gasteiger partial charge in [-0.25, -0.2) is 0 Å². The van der Waals surface area contributed by atoms with Crippen molar-refractivity contribution < 1.29 is 4.74 Å². The molecular formula is C26H39N5O. The van der Waals surface area contributed by atoms with Crippen LogP contribution in [0.4, 0.5) is 0 Å². The first kappa shape index (κ1) is 24.2. The number of aryl methyl sites for hydroxylation is 1. The topological polar surface area (TPSA) is 61.8 Å². The molecule has 2 N–H and O–H groups in total. The molecule has 0 saturated carbocycles. The maximum atomic E-state index is 6.13. The highest BCUT2D eigenvalue weighted by Gasteiger charge is 2.19. The summed E-state index contributed by atoms with van der Waals surface area (Å²) in [5.74, 6) is 0.883. The van der Waals surface area contributed by atoms with Crippen LogP contribution in [0.2, 0.25) is 0 Å². The quantitative estimate of drug-likeness (QED) is 0.320. The van der Waals surface area contributed by atoms with Gasteiger partial charge < -0.3 is 15.4 Å². The van der Waals surface area contributed by atoms with Gasteiger partial charge in [0.2, 0.25) is 0 Å². The van der Waals surface area contributed by atoms with Crippen LogP contribution in [0.1, 0.15) is 42.9 Å². The number of nitrogens with one attached hydrogen (secondary N) is 2. The highest BCUT2D eigenvalue weighted by Crippen LogP contribution is 2.16. The van der Waals surface area contributed by atoms with Gasteiger partial charge in [0, 0.05) is 58.3 Å². The average Bonchev–Trinajstić information content (AvgIpc) is 2.82. The van der Waals surface area contributed by atoms with Crippen LogP contribution >= 0.6 is 0 Å². The lowest BCUT2D eigenvalue weighted by Crippen LogP contribution is -2.38. The van der Waals surface area contributed by atoms with Gasteiger partial charge in [-0.1, -0.05) is 30.3 Å². The molecule has 2 heterocycles. The van der Waals surface area contributed by atoms with Crippen molar-refractivity contribution >= 4 is 5.96 Å². The third-order valence-corrected chi connectivity index (χ3v) is 5.88. The van der Waals surface area contributed by atoms with Crippen LogP contribution in [0.15, 0.2) is 53.8 Å². The Balaban J connectivity index is 1.28. The van der Waals surface area contributed by atoms with Crippen molar-refractivity contribution in [2.45, 2.75) is 52.2 Å². The Kier molecular flexibility index (Phi) is 10.5. The van der Waals surface area contributed by atoms with Gasteiger partial charge in [-0.3, -0.25) is 14.9 Å². The maximum absolute atomic E-state index is 6.13. The van der Waals surface area contributed by atoms with Crippen LogP contribution < -0.4 is 10.6 Å². The largest absolute Gasteiger partial charge is 0.378 e. The Morgan fingerprint density at radius 2 is 1.97 bits per heavy atom. The first-order valence-electron chi connectivity index (χ1n) is 12.0. The van der Waals surface area contributed by atoms with Crippen molar-refractivity contribution in [2.75, 3.05) is 39.3 Å². The molecule has 1 fully saturated rings. The Labute approximate surface area is 193 Å². The number of ether oxygens (including phenoxy) is 1. The molecule has 1 aromatic carbocycles. The summed E-state index contributed by atoms with van der Waals surface area (Å²) >= 11 is 0. The van der Waals surface area contributed by atoms with E-state index in [1.54, 1.807) is 0 Å². The first-order chi connectivity index (χ1) is 15.7. The molecular weight excluding hydrogens is 398 g/mol. The van der Waals surface area contributed by atoms with Crippen LogP contribution in [0.5, 0.6) is 0 Å². The molecule has 1 saturated heterocycles. The van der Waals surface area contributed by atoms with Gasteiger partial charge in [-0.2, -0.15) is 0 Å². The predicted molar refractivity (Wildman–Crippen MR) is 132 cm³/mol. The number of piperidine rings is 1. The fraction of sp³-hybridized carbons (Fsp3) is 0.538. The van der Waals surface area contributed by atoms with Gasteiger partial charge in [-0.15, -0.1) is 0 Å². The molecule has 1 aromatic heterocycles. The number of nitrogens with zero attached hydrogens (tertiary/aromatic N) is 3. The normalized spacial score (nSPS) is 15.6. The monoisotopic (exact) mass is 437 g/mol. The SMILES string of the molecule is CCNC(=NCCCOC1CCN(Cc2ccccc2)CC1)NCCc1ccncc1C. The molecule has 6 nitrogen and oxygen atoms in total. The summed E-state index contributed by atoms with van der Waals surface area (Å²) in [7, 11) is 0. The summed E-state index contributed by atoms with van der Waals surface area (Å²) < 4.78 is 6.13. The average molecular weight is 438 g/mol. The van der Waals surface area contributed by atoms with Crippen molar-refractivity contribution in [1.82, 2.24) is 20.5 Å². The number of aromatic nitrogens is 1. The van der Waals surface area contributed by atoms with E-state index in [-0.39, 0.29) is 0 Å². The Hall–Kier alpha value is -2.44. The molecule has 2 aromatic rings. The molecule has 1 aliphatic heterocycles. The minimum Gasteiger partial charge on any atom is -0.378 e. The van der Waals surface area contributed by atoms with Gasteiger partial charge in [0.05, 0.1) is 6.10 Å². The second-order valence-electron chi connectivity index (χ2n) is 8.43. The summed E-state index contributed by atoms with van der Waals surface area (Å²) in [5.41, 5.74) is 3.96. The van der Waals surface area contributed by atoms with Gasteiger partial charge in [0.25, 0.3) is 0 Å². The predicted octanol–water partition coefficient (Wildman–Crippen LogP) is 3.56. The third kappa shape index (κ3) is 8.60. The summed E-state index contributed by atoms with van der Waals surface area (Å²) in [6, 6.07) is 12.8.